The summed E-state index contributed by atoms with van der Waals surface area (Å²) in [6, 6.07) is -0.405. The number of hydrogen-bond donors (Lipinski definition) is 2. The summed E-state index contributed by atoms with van der Waals surface area (Å²) in [6.07, 6.45) is 2.91. The number of carbonyl (C=O) groups is 2. The van der Waals surface area contributed by atoms with Gasteiger partial charge in [0.1, 0.15) is 6.04 Å². The smallest absolute Gasteiger partial charge is 0.243 e. The van der Waals surface area contributed by atoms with Crippen LogP contribution in [-0.4, -0.2) is 61.1 Å². The van der Waals surface area contributed by atoms with E-state index in [0.29, 0.717) is 31.7 Å². The van der Waals surface area contributed by atoms with Gasteiger partial charge in [0.2, 0.25) is 21.8 Å². The van der Waals surface area contributed by atoms with Crippen LogP contribution >= 0.6 is 11.8 Å². The van der Waals surface area contributed by atoms with E-state index in [2.05, 4.69) is 10.0 Å². The minimum Gasteiger partial charge on any atom is -0.354 e. The van der Waals surface area contributed by atoms with Crippen LogP contribution in [0.3, 0.4) is 0 Å². The Balaban J connectivity index is 1.78. The lowest BCUT2D eigenvalue weighted by Crippen LogP contribution is -2.50. The second-order valence-corrected chi connectivity index (χ2v) is 8.91. The molecule has 2 fully saturated rings. The van der Waals surface area contributed by atoms with E-state index in [1.165, 1.54) is 0 Å². The fraction of sp³-hybridized carbons (Fsp3) is 0.833. The van der Waals surface area contributed by atoms with Crippen LogP contribution in [0.5, 0.6) is 0 Å². The predicted molar refractivity (Wildman–Crippen MR) is 81.2 cm³/mol. The molecule has 2 heterocycles. The standard InChI is InChI=1S/C12H21N3O4S2/c1-12-5-4-10(16)15(12)9(8-20-12)11(17)13-6-3-7-14-21(2,18)19/h9,14H,3-8H2,1-2H3,(H,13,17)/t9-,12-/m1/s1. The Morgan fingerprint density at radius 1 is 1.48 bits per heavy atom. The highest BCUT2D eigenvalue weighted by Gasteiger charge is 2.52. The third-order valence-electron chi connectivity index (χ3n) is 3.76. The van der Waals surface area contributed by atoms with Crippen molar-refractivity contribution >= 4 is 33.6 Å². The molecule has 0 aromatic rings. The molecule has 0 bridgehead atoms. The van der Waals surface area contributed by atoms with E-state index in [0.717, 1.165) is 12.7 Å². The van der Waals surface area contributed by atoms with E-state index >= 15 is 0 Å². The molecule has 9 heteroatoms. The van der Waals surface area contributed by atoms with Gasteiger partial charge in [-0.15, -0.1) is 11.8 Å². The van der Waals surface area contributed by atoms with E-state index in [-0.39, 0.29) is 16.7 Å². The van der Waals surface area contributed by atoms with Crippen molar-refractivity contribution in [1.29, 1.82) is 0 Å². The predicted octanol–water partition coefficient (Wildman–Crippen LogP) is -0.504. The Morgan fingerprint density at radius 2 is 2.19 bits per heavy atom. The van der Waals surface area contributed by atoms with Crippen LogP contribution in [0.1, 0.15) is 26.2 Å². The minimum atomic E-state index is -3.19. The summed E-state index contributed by atoms with van der Waals surface area (Å²) >= 11 is 1.66. The molecule has 2 aliphatic heterocycles. The quantitative estimate of drug-likeness (QED) is 0.638. The molecule has 0 radical (unpaired) electrons. The molecule has 21 heavy (non-hydrogen) atoms. The van der Waals surface area contributed by atoms with E-state index in [9.17, 15) is 18.0 Å². The third-order valence-corrected chi connectivity index (χ3v) is 6.00. The highest BCUT2D eigenvalue weighted by atomic mass is 32.2. The maximum Gasteiger partial charge on any atom is 0.243 e. The lowest BCUT2D eigenvalue weighted by molar-refractivity contribution is -0.137. The zero-order valence-electron chi connectivity index (χ0n) is 12.2. The Labute approximate surface area is 129 Å². The van der Waals surface area contributed by atoms with E-state index in [1.54, 1.807) is 16.7 Å². The van der Waals surface area contributed by atoms with Crippen LogP contribution in [0.4, 0.5) is 0 Å². The number of carbonyl (C=O) groups excluding carboxylic acids is 2. The number of sulfonamides is 1. The Hall–Kier alpha value is -0.800. The molecule has 0 aromatic heterocycles. The fourth-order valence-electron chi connectivity index (χ4n) is 2.69. The topological polar surface area (TPSA) is 95.6 Å². The molecule has 0 saturated carbocycles. The van der Waals surface area contributed by atoms with Crippen LogP contribution in [0, 0.1) is 0 Å². The molecule has 0 spiro atoms. The molecule has 2 rings (SSSR count). The van der Waals surface area contributed by atoms with Gasteiger partial charge in [-0.2, -0.15) is 0 Å². The van der Waals surface area contributed by atoms with Crippen LogP contribution in [0.15, 0.2) is 0 Å². The maximum atomic E-state index is 12.2. The van der Waals surface area contributed by atoms with E-state index < -0.39 is 16.1 Å². The molecule has 0 unspecified atom stereocenters. The first-order valence-electron chi connectivity index (χ1n) is 6.91. The third kappa shape index (κ3) is 3.89. The lowest BCUT2D eigenvalue weighted by atomic mass is 10.2. The largest absolute Gasteiger partial charge is 0.354 e. The Kier molecular flexibility index (Phi) is 4.84. The Morgan fingerprint density at radius 3 is 2.86 bits per heavy atom. The number of hydrogen-bond acceptors (Lipinski definition) is 5. The van der Waals surface area contributed by atoms with Crippen LogP contribution < -0.4 is 10.0 Å². The molecule has 0 aromatic carbocycles. The summed E-state index contributed by atoms with van der Waals surface area (Å²) in [6.45, 7) is 2.69. The fourth-order valence-corrected chi connectivity index (χ4v) is 4.64. The van der Waals surface area contributed by atoms with Crippen molar-refractivity contribution in [2.75, 3.05) is 25.1 Å². The van der Waals surface area contributed by atoms with Gasteiger partial charge in [0.15, 0.2) is 0 Å². The molecule has 2 saturated heterocycles. The van der Waals surface area contributed by atoms with Crippen molar-refractivity contribution in [2.24, 2.45) is 0 Å². The molecule has 2 aliphatic rings. The normalized spacial score (nSPS) is 28.8. The van der Waals surface area contributed by atoms with Gasteiger partial charge in [-0.25, -0.2) is 13.1 Å². The number of fused-ring (bicyclic) bond motifs is 1. The molecular formula is C12H21N3O4S2. The second-order valence-electron chi connectivity index (χ2n) is 5.58. The first-order valence-corrected chi connectivity index (χ1v) is 9.79. The van der Waals surface area contributed by atoms with Gasteiger partial charge in [-0.1, -0.05) is 0 Å². The number of thioether (sulfide) groups is 1. The van der Waals surface area contributed by atoms with Crippen LogP contribution in [-0.2, 0) is 19.6 Å². The first-order chi connectivity index (χ1) is 9.73. The molecule has 120 valence electrons. The SMILES string of the molecule is C[C@@]12CCC(=O)N1[C@@H](C(=O)NCCCNS(C)(=O)=O)CS2. The summed E-state index contributed by atoms with van der Waals surface area (Å²) in [5, 5.41) is 2.78. The average molecular weight is 335 g/mol. The molecular weight excluding hydrogens is 314 g/mol. The first kappa shape index (κ1) is 16.6. The summed E-state index contributed by atoms with van der Waals surface area (Å²) < 4.78 is 24.1. The van der Waals surface area contributed by atoms with Crippen LogP contribution in [0.25, 0.3) is 0 Å². The van der Waals surface area contributed by atoms with E-state index in [4.69, 9.17) is 0 Å². The summed E-state index contributed by atoms with van der Waals surface area (Å²) in [7, 11) is -3.19. The highest BCUT2D eigenvalue weighted by molar-refractivity contribution is 8.01. The van der Waals surface area contributed by atoms with Gasteiger partial charge in [0.25, 0.3) is 0 Å². The van der Waals surface area contributed by atoms with Crippen LogP contribution in [0.2, 0.25) is 0 Å². The zero-order valence-corrected chi connectivity index (χ0v) is 13.8. The van der Waals surface area contributed by atoms with Gasteiger partial charge >= 0.3 is 0 Å². The maximum absolute atomic E-state index is 12.2. The molecule has 2 N–H and O–H groups in total. The number of nitrogens with one attached hydrogen (secondary N) is 2. The second kappa shape index (κ2) is 6.13. The Bertz CT molecular complexity index is 537. The van der Waals surface area contributed by atoms with Crippen molar-refractivity contribution in [1.82, 2.24) is 14.9 Å². The van der Waals surface area contributed by atoms with E-state index in [1.807, 2.05) is 6.92 Å². The van der Waals surface area contributed by atoms with Gasteiger partial charge in [-0.05, 0) is 19.8 Å². The summed E-state index contributed by atoms with van der Waals surface area (Å²) in [5.41, 5.74) is 0. The number of amides is 2. The average Bonchev–Trinajstić information content (AvgIpc) is 2.85. The van der Waals surface area contributed by atoms with Crippen molar-refractivity contribution in [2.45, 2.75) is 37.1 Å². The van der Waals surface area contributed by atoms with Crippen molar-refractivity contribution in [3.05, 3.63) is 0 Å². The molecule has 2 amide bonds. The molecule has 7 nitrogen and oxygen atoms in total. The van der Waals surface area contributed by atoms with Gasteiger partial charge < -0.3 is 10.2 Å². The zero-order chi connectivity index (χ0) is 15.7. The van der Waals surface area contributed by atoms with Crippen molar-refractivity contribution < 1.29 is 18.0 Å². The van der Waals surface area contributed by atoms with Gasteiger partial charge in [-0.3, -0.25) is 9.59 Å². The lowest BCUT2D eigenvalue weighted by Gasteiger charge is -2.29. The van der Waals surface area contributed by atoms with Crippen molar-refractivity contribution in [3.8, 4) is 0 Å². The van der Waals surface area contributed by atoms with Gasteiger partial charge in [0.05, 0.1) is 11.1 Å². The van der Waals surface area contributed by atoms with Gasteiger partial charge in [0, 0.05) is 25.3 Å². The monoisotopic (exact) mass is 335 g/mol. The summed E-state index contributed by atoms with van der Waals surface area (Å²) in [4.78, 5) is 25.6. The van der Waals surface area contributed by atoms with Crippen molar-refractivity contribution in [3.63, 3.8) is 0 Å². The molecule has 2 atom stereocenters. The highest BCUT2D eigenvalue weighted by Crippen LogP contribution is 2.47. The number of nitrogens with zero attached hydrogens (tertiary/aromatic N) is 1. The minimum absolute atomic E-state index is 0.0430. The molecule has 0 aliphatic carbocycles. The summed E-state index contributed by atoms with van der Waals surface area (Å²) in [5.74, 6) is 0.512. The number of rotatable bonds is 6.